The van der Waals surface area contributed by atoms with E-state index in [1.165, 1.54) is 11.6 Å². The molecule has 2 N–H and O–H groups in total. The van der Waals surface area contributed by atoms with E-state index in [-0.39, 0.29) is 16.8 Å². The fourth-order valence-electron chi connectivity index (χ4n) is 1.03. The van der Waals surface area contributed by atoms with Crippen LogP contribution >= 0.6 is 11.3 Å². The minimum Gasteiger partial charge on any atom is -0.374 e. The zero-order chi connectivity index (χ0) is 11.9. The average molecular weight is 227 g/mol. The molecule has 78 valence electrons. The van der Waals surface area contributed by atoms with Crippen molar-refractivity contribution < 1.29 is 6.29 Å². The van der Waals surface area contributed by atoms with Crippen LogP contribution in [0.4, 0.5) is 10.9 Å². The average Bonchev–Trinajstić information content (AvgIpc) is 2.70. The lowest BCUT2D eigenvalue weighted by Crippen LogP contribution is -1.98. The van der Waals surface area contributed by atoms with E-state index < -0.39 is 11.1 Å². The molecular formula is C6H6N6O2S. The van der Waals surface area contributed by atoms with Crippen LogP contribution in [0.1, 0.15) is 1.37 Å². The van der Waals surface area contributed by atoms with E-state index in [1.54, 1.807) is 0 Å². The number of rotatable bonds is 2. The van der Waals surface area contributed by atoms with Gasteiger partial charge in [0.05, 0.1) is 8.42 Å². The molecule has 0 aliphatic rings. The van der Waals surface area contributed by atoms with Gasteiger partial charge in [-0.3, -0.25) is 0 Å². The Hall–Kier alpha value is -2.03. The second-order valence-corrected chi connectivity index (χ2v) is 3.64. The SMILES string of the molecule is [2H]c1nc(-c2nnc(N)s2)n(C)c1[N+](=O)[O-]. The highest BCUT2D eigenvalue weighted by atomic mass is 32.1. The van der Waals surface area contributed by atoms with Gasteiger partial charge in [-0.1, -0.05) is 11.3 Å². The number of nitrogen functional groups attached to an aromatic ring is 1. The van der Waals surface area contributed by atoms with Gasteiger partial charge in [-0.15, -0.1) is 10.2 Å². The second kappa shape index (κ2) is 3.28. The first-order chi connectivity index (χ1) is 7.50. The van der Waals surface area contributed by atoms with Crippen LogP contribution in [0.15, 0.2) is 6.17 Å². The molecule has 0 saturated carbocycles. The number of aromatic nitrogens is 4. The third kappa shape index (κ3) is 1.52. The highest BCUT2D eigenvalue weighted by Gasteiger charge is 2.20. The normalized spacial score (nSPS) is 11.4. The van der Waals surface area contributed by atoms with Crippen molar-refractivity contribution in [3.05, 3.63) is 16.3 Å². The molecule has 0 atom stereocenters. The maximum atomic E-state index is 10.7. The summed E-state index contributed by atoms with van der Waals surface area (Å²) in [7, 11) is 1.44. The van der Waals surface area contributed by atoms with Gasteiger partial charge in [0.15, 0.2) is 0 Å². The summed E-state index contributed by atoms with van der Waals surface area (Å²) in [6.07, 6.45) is -0.406. The van der Waals surface area contributed by atoms with Crippen LogP contribution < -0.4 is 5.73 Å². The Kier molecular flexibility index (Phi) is 1.81. The Morgan fingerprint density at radius 3 is 2.93 bits per heavy atom. The third-order valence-corrected chi connectivity index (χ3v) is 2.45. The molecule has 2 aromatic heterocycles. The first kappa shape index (κ1) is 8.29. The molecule has 15 heavy (non-hydrogen) atoms. The van der Waals surface area contributed by atoms with Crippen molar-refractivity contribution >= 4 is 22.3 Å². The van der Waals surface area contributed by atoms with Crippen molar-refractivity contribution in [2.75, 3.05) is 5.73 Å². The van der Waals surface area contributed by atoms with Crippen molar-refractivity contribution in [2.24, 2.45) is 7.05 Å². The van der Waals surface area contributed by atoms with Gasteiger partial charge >= 0.3 is 5.82 Å². The maximum absolute atomic E-state index is 10.7. The lowest BCUT2D eigenvalue weighted by atomic mass is 10.6. The van der Waals surface area contributed by atoms with E-state index in [2.05, 4.69) is 15.2 Å². The van der Waals surface area contributed by atoms with Crippen molar-refractivity contribution in [3.8, 4) is 10.8 Å². The van der Waals surface area contributed by atoms with Gasteiger partial charge in [-0.25, -0.2) is 9.55 Å². The number of anilines is 1. The second-order valence-electron chi connectivity index (χ2n) is 2.63. The van der Waals surface area contributed by atoms with Crippen molar-refractivity contribution in [1.29, 1.82) is 0 Å². The summed E-state index contributed by atoms with van der Waals surface area (Å²) >= 11 is 1.06. The molecule has 0 bridgehead atoms. The Balaban J connectivity index is 2.59. The molecule has 2 rings (SSSR count). The fourth-order valence-corrected chi connectivity index (χ4v) is 1.67. The molecule has 0 radical (unpaired) electrons. The Bertz CT molecular complexity index is 563. The molecular weight excluding hydrogens is 220 g/mol. The molecule has 8 nitrogen and oxygen atoms in total. The summed E-state index contributed by atoms with van der Waals surface area (Å²) in [5.74, 6) is -0.172. The molecule has 2 heterocycles. The number of nitro groups is 1. The summed E-state index contributed by atoms with van der Waals surface area (Å²) < 4.78 is 8.55. The van der Waals surface area contributed by atoms with Gasteiger partial charge in [-0.2, -0.15) is 0 Å². The van der Waals surface area contributed by atoms with Crippen LogP contribution in [-0.4, -0.2) is 24.7 Å². The van der Waals surface area contributed by atoms with E-state index in [1.807, 2.05) is 0 Å². The number of hydrogen-bond donors (Lipinski definition) is 1. The van der Waals surface area contributed by atoms with E-state index >= 15 is 0 Å². The summed E-state index contributed by atoms with van der Waals surface area (Å²) in [5, 5.41) is 18.5. The molecule has 0 unspecified atom stereocenters. The predicted molar refractivity (Wildman–Crippen MR) is 53.2 cm³/mol. The molecule has 0 aromatic carbocycles. The Labute approximate surface area is 88.9 Å². The van der Waals surface area contributed by atoms with Crippen LogP contribution in [-0.2, 0) is 7.05 Å². The van der Waals surface area contributed by atoms with Gasteiger partial charge in [0, 0.05) is 0 Å². The summed E-state index contributed by atoms with van der Waals surface area (Å²) in [4.78, 5) is 13.8. The smallest absolute Gasteiger partial charge is 0.342 e. The van der Waals surface area contributed by atoms with Crippen molar-refractivity contribution in [1.82, 2.24) is 19.7 Å². The van der Waals surface area contributed by atoms with Crippen LogP contribution in [0.25, 0.3) is 10.8 Å². The van der Waals surface area contributed by atoms with Gasteiger partial charge in [0.1, 0.15) is 6.17 Å². The quantitative estimate of drug-likeness (QED) is 0.587. The number of imidazole rings is 1. The fraction of sp³-hybridized carbons (Fsp3) is 0.167. The molecule has 0 fully saturated rings. The Morgan fingerprint density at radius 2 is 2.47 bits per heavy atom. The maximum Gasteiger partial charge on any atom is 0.342 e. The summed E-state index contributed by atoms with van der Waals surface area (Å²) in [6.45, 7) is 0. The summed E-state index contributed by atoms with van der Waals surface area (Å²) in [5.41, 5.74) is 5.40. The minimum absolute atomic E-state index is 0.214. The van der Waals surface area contributed by atoms with Crippen molar-refractivity contribution in [2.45, 2.75) is 0 Å². The topological polar surface area (TPSA) is 113 Å². The monoisotopic (exact) mass is 227 g/mol. The Morgan fingerprint density at radius 1 is 1.73 bits per heavy atom. The molecule has 0 aliphatic carbocycles. The molecule has 0 saturated heterocycles. The summed E-state index contributed by atoms with van der Waals surface area (Å²) in [6, 6.07) is 0. The molecule has 0 amide bonds. The molecule has 0 spiro atoms. The van der Waals surface area contributed by atoms with Crippen molar-refractivity contribution in [3.63, 3.8) is 0 Å². The zero-order valence-electron chi connectivity index (χ0n) is 8.54. The standard InChI is InChI=1S/C6H6N6O2S/c1-11-3(12(13)14)2-8-4(11)5-9-10-6(7)15-5/h2H,1H3,(H2,7,10)/i2D. The number of nitrogens with two attached hydrogens (primary N) is 1. The third-order valence-electron chi connectivity index (χ3n) is 1.70. The van der Waals surface area contributed by atoms with Crippen LogP contribution in [0, 0.1) is 10.1 Å². The van der Waals surface area contributed by atoms with Gasteiger partial charge in [-0.05, 0) is 4.92 Å². The molecule has 2 aromatic rings. The van der Waals surface area contributed by atoms with Gasteiger partial charge in [0.2, 0.25) is 10.1 Å². The van der Waals surface area contributed by atoms with Crippen LogP contribution in [0.3, 0.4) is 0 Å². The number of nitrogens with zero attached hydrogens (tertiary/aromatic N) is 5. The molecule has 0 aliphatic heterocycles. The van der Waals surface area contributed by atoms with E-state index in [4.69, 9.17) is 7.10 Å². The van der Waals surface area contributed by atoms with E-state index in [9.17, 15) is 10.1 Å². The highest BCUT2D eigenvalue weighted by Crippen LogP contribution is 2.25. The minimum atomic E-state index is -0.663. The highest BCUT2D eigenvalue weighted by molar-refractivity contribution is 7.18. The first-order valence-corrected chi connectivity index (χ1v) is 4.59. The van der Waals surface area contributed by atoms with Crippen LogP contribution in [0.2, 0.25) is 0 Å². The molecule has 9 heteroatoms. The lowest BCUT2D eigenvalue weighted by molar-refractivity contribution is -0.391. The van der Waals surface area contributed by atoms with E-state index in [0.717, 1.165) is 11.3 Å². The van der Waals surface area contributed by atoms with Gasteiger partial charge < -0.3 is 15.8 Å². The number of hydrogen-bond acceptors (Lipinski definition) is 7. The predicted octanol–water partition coefficient (Wildman–Crippen LogP) is 0.429. The zero-order valence-corrected chi connectivity index (χ0v) is 8.35. The lowest BCUT2D eigenvalue weighted by Gasteiger charge is -1.94. The largest absolute Gasteiger partial charge is 0.374 e. The first-order valence-electron chi connectivity index (χ1n) is 4.27. The van der Waals surface area contributed by atoms with Crippen LogP contribution in [0.5, 0.6) is 0 Å². The van der Waals surface area contributed by atoms with Gasteiger partial charge in [0.25, 0.3) is 5.82 Å². The van der Waals surface area contributed by atoms with E-state index in [0.29, 0.717) is 5.01 Å².